The maximum atomic E-state index is 2.39. The average Bonchev–Trinajstić information content (AvgIpc) is 2.31. The van der Waals surface area contributed by atoms with Crippen molar-refractivity contribution in [3.05, 3.63) is 0 Å². The average molecular weight is 140 g/mol. The first-order valence-electron chi connectivity index (χ1n) is 4.83. The molecule has 0 saturated heterocycles. The molecule has 10 heavy (non-hydrogen) atoms. The van der Waals surface area contributed by atoms with Crippen LogP contribution < -0.4 is 0 Å². The lowest BCUT2D eigenvalue weighted by Gasteiger charge is -2.06. The van der Waals surface area contributed by atoms with Crippen molar-refractivity contribution in [2.45, 2.75) is 52.4 Å². The summed E-state index contributed by atoms with van der Waals surface area (Å²) in [5.41, 5.74) is 0. The monoisotopic (exact) mass is 140 g/mol. The highest BCUT2D eigenvalue weighted by Gasteiger charge is 2.19. The molecule has 1 aliphatic carbocycles. The molecule has 0 bridgehead atoms. The Morgan fingerprint density at radius 2 is 2.10 bits per heavy atom. The molecule has 60 valence electrons. The van der Waals surface area contributed by atoms with Crippen molar-refractivity contribution in [1.82, 2.24) is 0 Å². The van der Waals surface area contributed by atoms with Gasteiger partial charge in [0.1, 0.15) is 0 Å². The minimum atomic E-state index is 1.03. The van der Waals surface area contributed by atoms with E-state index in [9.17, 15) is 0 Å². The van der Waals surface area contributed by atoms with Gasteiger partial charge in [-0.25, -0.2) is 0 Å². The third-order valence-corrected chi connectivity index (χ3v) is 2.77. The Morgan fingerprint density at radius 3 is 2.60 bits per heavy atom. The summed E-state index contributed by atoms with van der Waals surface area (Å²) in [6.07, 6.45) is 8.86. The van der Waals surface area contributed by atoms with Crippen LogP contribution in [0.2, 0.25) is 0 Å². The zero-order chi connectivity index (χ0) is 7.40. The largest absolute Gasteiger partial charge is 0.0654 e. The summed E-state index contributed by atoms with van der Waals surface area (Å²) in [4.78, 5) is 0. The van der Waals surface area contributed by atoms with E-state index >= 15 is 0 Å². The molecule has 0 aromatic carbocycles. The number of hydrogen-bond donors (Lipinski definition) is 0. The van der Waals surface area contributed by atoms with Crippen LogP contribution in [0, 0.1) is 11.8 Å². The maximum Gasteiger partial charge on any atom is -0.0412 e. The molecule has 0 aliphatic heterocycles. The smallest absolute Gasteiger partial charge is 0.0412 e. The van der Waals surface area contributed by atoms with E-state index in [4.69, 9.17) is 0 Å². The Morgan fingerprint density at radius 1 is 1.30 bits per heavy atom. The normalized spacial score (nSPS) is 33.0. The summed E-state index contributed by atoms with van der Waals surface area (Å²) in [5.74, 6) is 2.12. The van der Waals surface area contributed by atoms with E-state index in [0.29, 0.717) is 0 Å². The molecule has 1 fully saturated rings. The van der Waals surface area contributed by atoms with Gasteiger partial charge >= 0.3 is 0 Å². The van der Waals surface area contributed by atoms with Gasteiger partial charge in [0, 0.05) is 0 Å². The van der Waals surface area contributed by atoms with Gasteiger partial charge in [0.25, 0.3) is 0 Å². The van der Waals surface area contributed by atoms with E-state index in [1.165, 1.54) is 38.5 Å². The molecule has 0 heteroatoms. The second-order valence-electron chi connectivity index (χ2n) is 3.93. The first kappa shape index (κ1) is 8.10. The molecule has 0 aromatic rings. The van der Waals surface area contributed by atoms with Gasteiger partial charge in [0.15, 0.2) is 0 Å². The van der Waals surface area contributed by atoms with Crippen LogP contribution in [0.5, 0.6) is 0 Å². The highest BCUT2D eigenvalue weighted by molar-refractivity contribution is 4.72. The summed E-state index contributed by atoms with van der Waals surface area (Å²) < 4.78 is 0. The Kier molecular flexibility index (Phi) is 3.24. The minimum absolute atomic E-state index is 1.03. The van der Waals surface area contributed by atoms with E-state index in [1.54, 1.807) is 0 Å². The van der Waals surface area contributed by atoms with Crippen LogP contribution in [-0.4, -0.2) is 0 Å². The van der Waals surface area contributed by atoms with Crippen molar-refractivity contribution in [1.29, 1.82) is 0 Å². The molecule has 1 unspecified atom stereocenters. The van der Waals surface area contributed by atoms with Gasteiger partial charge in [-0.2, -0.15) is 0 Å². The standard InChI is InChI=1S/C10H20/c1-3-4-5-10-7-6-9(2)8-10/h9-10H,3-8H2,1-2H3/t9-,10?/m0/s1. The molecular weight excluding hydrogens is 120 g/mol. The van der Waals surface area contributed by atoms with Gasteiger partial charge in [-0.1, -0.05) is 46.0 Å². The minimum Gasteiger partial charge on any atom is -0.0654 e. The zero-order valence-corrected chi connectivity index (χ0v) is 7.40. The van der Waals surface area contributed by atoms with Crippen molar-refractivity contribution in [3.63, 3.8) is 0 Å². The van der Waals surface area contributed by atoms with Crippen LogP contribution >= 0.6 is 0 Å². The molecule has 0 amide bonds. The van der Waals surface area contributed by atoms with Crippen LogP contribution in [0.15, 0.2) is 0 Å². The quantitative estimate of drug-likeness (QED) is 0.561. The van der Waals surface area contributed by atoms with E-state index < -0.39 is 0 Å². The second-order valence-corrected chi connectivity index (χ2v) is 3.93. The zero-order valence-electron chi connectivity index (χ0n) is 7.40. The Labute approximate surface area is 65.0 Å². The van der Waals surface area contributed by atoms with Crippen LogP contribution in [0.25, 0.3) is 0 Å². The molecule has 0 heterocycles. The van der Waals surface area contributed by atoms with Gasteiger partial charge < -0.3 is 0 Å². The van der Waals surface area contributed by atoms with Gasteiger partial charge in [-0.15, -0.1) is 0 Å². The number of rotatable bonds is 3. The summed E-state index contributed by atoms with van der Waals surface area (Å²) in [7, 11) is 0. The second kappa shape index (κ2) is 4.00. The molecule has 0 radical (unpaired) electrons. The van der Waals surface area contributed by atoms with E-state index in [2.05, 4.69) is 13.8 Å². The molecule has 2 atom stereocenters. The molecule has 0 N–H and O–H groups in total. The Hall–Kier alpha value is 0. The van der Waals surface area contributed by atoms with Gasteiger partial charge in [-0.05, 0) is 18.3 Å². The van der Waals surface area contributed by atoms with Crippen molar-refractivity contribution in [3.8, 4) is 0 Å². The predicted molar refractivity (Wildman–Crippen MR) is 46.0 cm³/mol. The van der Waals surface area contributed by atoms with E-state index in [-0.39, 0.29) is 0 Å². The lowest BCUT2D eigenvalue weighted by atomic mass is 10.00. The van der Waals surface area contributed by atoms with Crippen LogP contribution in [0.3, 0.4) is 0 Å². The lowest BCUT2D eigenvalue weighted by Crippen LogP contribution is -1.93. The van der Waals surface area contributed by atoms with Crippen LogP contribution in [0.1, 0.15) is 52.4 Å². The van der Waals surface area contributed by atoms with Crippen LogP contribution in [0.4, 0.5) is 0 Å². The molecule has 1 rings (SSSR count). The molecule has 0 nitrogen and oxygen atoms in total. The van der Waals surface area contributed by atoms with Crippen molar-refractivity contribution in [2.24, 2.45) is 11.8 Å². The van der Waals surface area contributed by atoms with E-state index in [0.717, 1.165) is 11.8 Å². The van der Waals surface area contributed by atoms with Gasteiger partial charge in [0.05, 0.1) is 0 Å². The molecule has 0 spiro atoms. The van der Waals surface area contributed by atoms with Crippen molar-refractivity contribution < 1.29 is 0 Å². The maximum absolute atomic E-state index is 2.39. The summed E-state index contributed by atoms with van der Waals surface area (Å²) in [6, 6.07) is 0. The fraction of sp³-hybridized carbons (Fsp3) is 1.00. The predicted octanol–water partition coefficient (Wildman–Crippen LogP) is 3.61. The summed E-state index contributed by atoms with van der Waals surface area (Å²) in [5, 5.41) is 0. The highest BCUT2D eigenvalue weighted by Crippen LogP contribution is 2.33. The number of hydrogen-bond acceptors (Lipinski definition) is 0. The summed E-state index contributed by atoms with van der Waals surface area (Å²) >= 11 is 0. The third kappa shape index (κ3) is 2.32. The SMILES string of the molecule is CCCCC1CC[C@H](C)C1. The van der Waals surface area contributed by atoms with Gasteiger partial charge in [0.2, 0.25) is 0 Å². The first-order valence-corrected chi connectivity index (χ1v) is 4.83. The molecular formula is C10H20. The van der Waals surface area contributed by atoms with Crippen LogP contribution in [-0.2, 0) is 0 Å². The fourth-order valence-electron chi connectivity index (χ4n) is 2.08. The molecule has 0 aromatic heterocycles. The fourth-order valence-corrected chi connectivity index (χ4v) is 2.08. The Balaban J connectivity index is 2.06. The Bertz CT molecular complexity index is 86.0. The number of unbranched alkanes of at least 4 members (excludes halogenated alkanes) is 1. The van der Waals surface area contributed by atoms with Crippen molar-refractivity contribution >= 4 is 0 Å². The van der Waals surface area contributed by atoms with Crippen molar-refractivity contribution in [2.75, 3.05) is 0 Å². The summed E-state index contributed by atoms with van der Waals surface area (Å²) in [6.45, 7) is 4.68. The highest BCUT2D eigenvalue weighted by atomic mass is 14.3. The topological polar surface area (TPSA) is 0 Å². The molecule has 1 saturated carbocycles. The third-order valence-electron chi connectivity index (χ3n) is 2.77. The molecule has 1 aliphatic rings. The van der Waals surface area contributed by atoms with E-state index in [1.807, 2.05) is 0 Å². The lowest BCUT2D eigenvalue weighted by molar-refractivity contribution is 0.461. The van der Waals surface area contributed by atoms with Gasteiger partial charge in [-0.3, -0.25) is 0 Å². The first-order chi connectivity index (χ1) is 4.83.